The number of nitrogens with zero attached hydrogens (tertiary/aromatic N) is 3. The van der Waals surface area contributed by atoms with Gasteiger partial charge in [-0.25, -0.2) is 4.79 Å². The molecule has 0 radical (unpaired) electrons. The number of rotatable bonds is 5. The number of halogens is 1. The predicted octanol–water partition coefficient (Wildman–Crippen LogP) is 3.49. The van der Waals surface area contributed by atoms with Crippen molar-refractivity contribution < 1.29 is 29.2 Å². The van der Waals surface area contributed by atoms with Gasteiger partial charge in [0.05, 0.1) is 4.92 Å². The van der Waals surface area contributed by atoms with E-state index in [1.807, 2.05) is 0 Å². The number of benzene rings is 2. The first-order valence-corrected chi connectivity index (χ1v) is 7.25. The van der Waals surface area contributed by atoms with E-state index < -0.39 is 22.5 Å². The lowest BCUT2D eigenvalue weighted by molar-refractivity contribution is -0.385. The van der Waals surface area contributed by atoms with Crippen molar-refractivity contribution in [2.75, 3.05) is 0 Å². The zero-order valence-corrected chi connectivity index (χ0v) is 13.4. The van der Waals surface area contributed by atoms with Crippen molar-refractivity contribution in [2.24, 2.45) is 0 Å². The Hall–Kier alpha value is -3.66. The van der Waals surface area contributed by atoms with E-state index in [4.69, 9.17) is 21.4 Å². The molecule has 0 unspecified atom stereocenters. The zero-order chi connectivity index (χ0) is 18.8. The molecule has 0 aliphatic carbocycles. The normalized spacial score (nSPS) is 10.5. The monoisotopic (exact) mass is 377 g/mol. The number of nitro benzene ring substituents is 1. The van der Waals surface area contributed by atoms with Crippen LogP contribution in [0.15, 0.2) is 40.9 Å². The summed E-state index contributed by atoms with van der Waals surface area (Å²) in [6.07, 6.45) is 0. The van der Waals surface area contributed by atoms with Crippen LogP contribution in [-0.4, -0.2) is 31.2 Å². The summed E-state index contributed by atoms with van der Waals surface area (Å²) in [5, 5.41) is 33.6. The molecule has 0 aliphatic rings. The van der Waals surface area contributed by atoms with Gasteiger partial charge in [-0.1, -0.05) is 16.8 Å². The molecule has 1 heterocycles. The minimum Gasteiger partial charge on any atom is -0.504 e. The van der Waals surface area contributed by atoms with Crippen molar-refractivity contribution in [1.29, 1.82) is 0 Å². The quantitative estimate of drug-likeness (QED) is 0.503. The maximum Gasteiger partial charge on any atom is 0.394 e. The number of carboxylic acid groups (broad SMARTS) is 1. The van der Waals surface area contributed by atoms with Crippen LogP contribution in [0.4, 0.5) is 5.69 Å². The van der Waals surface area contributed by atoms with Crippen molar-refractivity contribution in [3.8, 4) is 28.6 Å². The highest BCUT2D eigenvalue weighted by Gasteiger charge is 2.21. The van der Waals surface area contributed by atoms with Gasteiger partial charge < -0.3 is 19.5 Å². The molecular weight excluding hydrogens is 370 g/mol. The van der Waals surface area contributed by atoms with E-state index in [0.717, 1.165) is 6.07 Å². The van der Waals surface area contributed by atoms with E-state index in [2.05, 4.69) is 14.7 Å². The maximum atomic E-state index is 11.3. The fraction of sp³-hybridized carbons (Fsp3) is 0. The fourth-order valence-corrected chi connectivity index (χ4v) is 2.17. The van der Waals surface area contributed by atoms with Gasteiger partial charge in [-0.2, -0.15) is 4.98 Å². The molecule has 132 valence electrons. The summed E-state index contributed by atoms with van der Waals surface area (Å²) in [5.74, 6) is -2.67. The minimum absolute atomic E-state index is 0.0297. The summed E-state index contributed by atoms with van der Waals surface area (Å²) in [4.78, 5) is 25.0. The summed E-state index contributed by atoms with van der Waals surface area (Å²) in [6, 6.07) is 7.77. The maximum absolute atomic E-state index is 11.3. The Bertz CT molecular complexity index is 1020. The molecule has 1 aromatic heterocycles. The van der Waals surface area contributed by atoms with Gasteiger partial charge in [0.2, 0.25) is 11.6 Å². The molecule has 0 atom stereocenters. The van der Waals surface area contributed by atoms with Crippen molar-refractivity contribution in [3.05, 3.63) is 57.4 Å². The standard InChI is InChI=1S/C15H8ClN3O7/c16-8-2-4-12(10(20)6-8)25-11-3-1-7(5-9(11)19(23)24)13-17-14(15(21)22)26-18-13/h1-6,20H,(H,21,22). The van der Waals surface area contributed by atoms with Gasteiger partial charge in [-0.15, -0.1) is 0 Å². The smallest absolute Gasteiger partial charge is 0.394 e. The summed E-state index contributed by atoms with van der Waals surface area (Å²) >= 11 is 5.73. The molecule has 0 saturated heterocycles. The van der Waals surface area contributed by atoms with Crippen LogP contribution in [0.1, 0.15) is 10.7 Å². The molecule has 0 aliphatic heterocycles. The first-order valence-electron chi connectivity index (χ1n) is 6.87. The van der Waals surface area contributed by atoms with Crippen LogP contribution in [-0.2, 0) is 0 Å². The summed E-state index contributed by atoms with van der Waals surface area (Å²) in [7, 11) is 0. The number of hydrogen-bond donors (Lipinski definition) is 2. The average molecular weight is 378 g/mol. The second-order valence-corrected chi connectivity index (χ2v) is 5.32. The van der Waals surface area contributed by atoms with E-state index in [1.54, 1.807) is 0 Å². The molecule has 10 nitrogen and oxygen atoms in total. The number of aromatic carboxylic acids is 1. The van der Waals surface area contributed by atoms with Gasteiger partial charge in [0.1, 0.15) is 0 Å². The average Bonchev–Trinajstić information content (AvgIpc) is 3.08. The van der Waals surface area contributed by atoms with E-state index >= 15 is 0 Å². The molecule has 11 heteroatoms. The summed E-state index contributed by atoms with van der Waals surface area (Å²) < 4.78 is 9.91. The SMILES string of the molecule is O=C(O)c1nc(-c2ccc(Oc3ccc(Cl)cc3O)c([N+](=O)[O-])c2)no1. The topological polar surface area (TPSA) is 149 Å². The fourth-order valence-electron chi connectivity index (χ4n) is 2.01. The number of nitro groups is 1. The third-order valence-electron chi connectivity index (χ3n) is 3.16. The van der Waals surface area contributed by atoms with Crippen LogP contribution in [0.25, 0.3) is 11.4 Å². The number of ether oxygens (including phenoxy) is 1. The Morgan fingerprint density at radius 1 is 1.23 bits per heavy atom. The van der Waals surface area contributed by atoms with Gasteiger partial charge in [-0.3, -0.25) is 10.1 Å². The highest BCUT2D eigenvalue weighted by Crippen LogP contribution is 2.38. The summed E-state index contributed by atoms with van der Waals surface area (Å²) in [5.41, 5.74) is -0.292. The van der Waals surface area contributed by atoms with Crippen LogP contribution in [0.2, 0.25) is 5.02 Å². The van der Waals surface area contributed by atoms with E-state index in [9.17, 15) is 20.0 Å². The highest BCUT2D eigenvalue weighted by atomic mass is 35.5. The molecule has 0 spiro atoms. The van der Waals surface area contributed by atoms with E-state index in [0.29, 0.717) is 0 Å². The molecule has 3 aromatic rings. The first kappa shape index (κ1) is 17.2. The molecule has 26 heavy (non-hydrogen) atoms. The first-order chi connectivity index (χ1) is 12.3. The lowest BCUT2D eigenvalue weighted by Crippen LogP contribution is -1.96. The Labute approximate surface area is 149 Å². The molecule has 0 saturated carbocycles. The molecule has 0 amide bonds. The Balaban J connectivity index is 1.99. The van der Waals surface area contributed by atoms with Crippen LogP contribution in [0, 0.1) is 10.1 Å². The van der Waals surface area contributed by atoms with Gasteiger partial charge in [0.15, 0.2) is 11.5 Å². The third-order valence-corrected chi connectivity index (χ3v) is 3.40. The Morgan fingerprint density at radius 2 is 1.96 bits per heavy atom. The van der Waals surface area contributed by atoms with Gasteiger partial charge in [0.25, 0.3) is 0 Å². The summed E-state index contributed by atoms with van der Waals surface area (Å²) in [6.45, 7) is 0. The number of phenols is 1. The molecule has 2 aromatic carbocycles. The van der Waals surface area contributed by atoms with Crippen LogP contribution < -0.4 is 4.74 Å². The molecule has 0 bridgehead atoms. The van der Waals surface area contributed by atoms with Gasteiger partial charge >= 0.3 is 17.5 Å². The van der Waals surface area contributed by atoms with Crippen molar-refractivity contribution in [1.82, 2.24) is 10.1 Å². The number of phenolic OH excluding ortho intramolecular Hbond substituents is 1. The van der Waals surface area contributed by atoms with Crippen molar-refractivity contribution in [2.45, 2.75) is 0 Å². The lowest BCUT2D eigenvalue weighted by Gasteiger charge is -2.08. The molecule has 2 N–H and O–H groups in total. The van der Waals surface area contributed by atoms with E-state index in [-0.39, 0.29) is 33.7 Å². The largest absolute Gasteiger partial charge is 0.504 e. The second-order valence-electron chi connectivity index (χ2n) is 4.88. The Kier molecular flexibility index (Phi) is 4.42. The van der Waals surface area contributed by atoms with Crippen molar-refractivity contribution >= 4 is 23.3 Å². The third kappa shape index (κ3) is 3.39. The van der Waals surface area contributed by atoms with Crippen molar-refractivity contribution in [3.63, 3.8) is 0 Å². The molecular formula is C15H8ClN3O7. The predicted molar refractivity (Wildman–Crippen MR) is 86.5 cm³/mol. The zero-order valence-electron chi connectivity index (χ0n) is 12.6. The number of hydrogen-bond acceptors (Lipinski definition) is 8. The molecule has 0 fully saturated rings. The second kappa shape index (κ2) is 6.69. The number of carbonyl (C=O) groups is 1. The minimum atomic E-state index is -1.42. The van der Waals surface area contributed by atoms with Crippen LogP contribution in [0.3, 0.4) is 0 Å². The Morgan fingerprint density at radius 3 is 2.58 bits per heavy atom. The van der Waals surface area contributed by atoms with Crippen LogP contribution >= 0.6 is 11.6 Å². The van der Waals surface area contributed by atoms with Crippen LogP contribution in [0.5, 0.6) is 17.2 Å². The highest BCUT2D eigenvalue weighted by molar-refractivity contribution is 6.30. The van der Waals surface area contributed by atoms with Gasteiger partial charge in [-0.05, 0) is 24.3 Å². The number of aromatic hydroxyl groups is 1. The lowest BCUT2D eigenvalue weighted by atomic mass is 10.1. The van der Waals surface area contributed by atoms with E-state index in [1.165, 1.54) is 30.3 Å². The van der Waals surface area contributed by atoms with Gasteiger partial charge in [0, 0.05) is 22.7 Å². The molecule has 3 rings (SSSR count). The number of aromatic nitrogens is 2. The number of carboxylic acids is 1.